The molecule has 0 fully saturated rings. The minimum absolute atomic E-state index is 0.159. The minimum atomic E-state index is -4.40. The van der Waals surface area contributed by atoms with Crippen LogP contribution in [0.25, 0.3) is 0 Å². The zero-order valence-corrected chi connectivity index (χ0v) is 19.4. The Balaban J connectivity index is 1.82. The van der Waals surface area contributed by atoms with Crippen LogP contribution >= 0.6 is 15.9 Å². The fourth-order valence-electron chi connectivity index (χ4n) is 3.41. The summed E-state index contributed by atoms with van der Waals surface area (Å²) in [5.74, 6) is -0.261. The van der Waals surface area contributed by atoms with Crippen LogP contribution in [0.1, 0.15) is 46.9 Å². The molecule has 166 valence electrons. The lowest BCUT2D eigenvalue weighted by molar-refractivity contribution is -0.137. The molecule has 1 atom stereocenters. The van der Waals surface area contributed by atoms with Crippen LogP contribution in [0.15, 0.2) is 28.7 Å². The molecule has 1 unspecified atom stereocenters. The lowest BCUT2D eigenvalue weighted by Crippen LogP contribution is -2.25. The number of nitrogens with one attached hydrogen (secondary N) is 1. The third kappa shape index (κ3) is 4.68. The highest BCUT2D eigenvalue weighted by Gasteiger charge is 2.30. The van der Waals surface area contributed by atoms with Gasteiger partial charge in [-0.3, -0.25) is 14.2 Å². The van der Waals surface area contributed by atoms with Crippen LogP contribution < -0.4 is 5.32 Å². The molecule has 0 saturated carbocycles. The molecule has 6 nitrogen and oxygen atoms in total. The molecule has 0 aliphatic carbocycles. The first-order valence-corrected chi connectivity index (χ1v) is 10.4. The van der Waals surface area contributed by atoms with Crippen molar-refractivity contribution in [3.8, 4) is 0 Å². The summed E-state index contributed by atoms with van der Waals surface area (Å²) in [6, 6.07) is 4.58. The smallest absolute Gasteiger partial charge is 0.321 e. The van der Waals surface area contributed by atoms with Gasteiger partial charge in [0.25, 0.3) is 0 Å². The number of aromatic nitrogens is 4. The molecule has 0 aliphatic rings. The number of halogens is 4. The third-order valence-electron chi connectivity index (χ3n) is 5.20. The highest BCUT2D eigenvalue weighted by atomic mass is 79.9. The Kier molecular flexibility index (Phi) is 6.31. The zero-order chi connectivity index (χ0) is 23.1. The van der Waals surface area contributed by atoms with Crippen molar-refractivity contribution in [2.45, 2.75) is 53.4 Å². The highest BCUT2D eigenvalue weighted by Crippen LogP contribution is 2.30. The molecule has 0 aliphatic heterocycles. The van der Waals surface area contributed by atoms with Gasteiger partial charge < -0.3 is 5.32 Å². The van der Waals surface area contributed by atoms with Crippen LogP contribution in [0.5, 0.6) is 0 Å². The summed E-state index contributed by atoms with van der Waals surface area (Å²) in [7, 11) is 0. The largest absolute Gasteiger partial charge is 0.416 e. The van der Waals surface area contributed by atoms with Crippen LogP contribution in [0.2, 0.25) is 0 Å². The molecule has 2 aromatic heterocycles. The minimum Gasteiger partial charge on any atom is -0.321 e. The molecule has 0 bridgehead atoms. The lowest BCUT2D eigenvalue weighted by atomic mass is 10.1. The summed E-state index contributed by atoms with van der Waals surface area (Å²) in [5.41, 5.74) is 3.19. The molecule has 1 aromatic carbocycles. The first-order valence-electron chi connectivity index (χ1n) is 9.62. The fraction of sp³-hybridized carbons (Fsp3) is 0.381. The number of benzene rings is 1. The van der Waals surface area contributed by atoms with Gasteiger partial charge in [0, 0.05) is 0 Å². The Morgan fingerprint density at radius 2 is 1.81 bits per heavy atom. The standard InChI is InChI=1S/C21H23BrF3N5O/c1-11-18(22)13(3)30(28-11)15(5)20(31)26-19-12(2)27-29(14(19)4)10-16-7-6-8-17(9-16)21(23,24)25/h6-9,15H,10H2,1-5H3,(H,26,31). The van der Waals surface area contributed by atoms with E-state index in [0.717, 1.165) is 28.0 Å². The van der Waals surface area contributed by atoms with E-state index in [1.807, 2.05) is 13.8 Å². The monoisotopic (exact) mass is 497 g/mol. The molecule has 31 heavy (non-hydrogen) atoms. The summed E-state index contributed by atoms with van der Waals surface area (Å²) in [6.07, 6.45) is -4.40. The SMILES string of the molecule is Cc1nn(C(C)C(=O)Nc2c(C)nn(Cc3cccc(C(F)(F)F)c3)c2C)c(C)c1Br. The fourth-order valence-corrected chi connectivity index (χ4v) is 3.67. The molecule has 2 heterocycles. The van der Waals surface area contributed by atoms with Gasteiger partial charge in [-0.15, -0.1) is 0 Å². The Bertz CT molecular complexity index is 1130. The van der Waals surface area contributed by atoms with Gasteiger partial charge in [-0.25, -0.2) is 0 Å². The van der Waals surface area contributed by atoms with Crippen molar-refractivity contribution in [2.75, 3.05) is 5.32 Å². The van der Waals surface area contributed by atoms with Gasteiger partial charge in [-0.05, 0) is 68.2 Å². The lowest BCUT2D eigenvalue weighted by Gasteiger charge is -2.15. The van der Waals surface area contributed by atoms with E-state index in [1.54, 1.807) is 36.2 Å². The van der Waals surface area contributed by atoms with Crippen LogP contribution in [0.3, 0.4) is 0 Å². The number of carbonyl (C=O) groups is 1. The molecule has 3 aromatic rings. The predicted octanol–water partition coefficient (Wildman–Crippen LogP) is 5.34. The van der Waals surface area contributed by atoms with E-state index < -0.39 is 17.8 Å². The summed E-state index contributed by atoms with van der Waals surface area (Å²) in [4.78, 5) is 12.9. The van der Waals surface area contributed by atoms with E-state index in [-0.39, 0.29) is 12.5 Å². The average Bonchev–Trinajstić information content (AvgIpc) is 3.11. The second-order valence-electron chi connectivity index (χ2n) is 7.50. The second kappa shape index (κ2) is 8.49. The molecule has 0 saturated heterocycles. The molecular weight excluding hydrogens is 475 g/mol. The van der Waals surface area contributed by atoms with E-state index in [9.17, 15) is 18.0 Å². The number of nitrogens with zero attached hydrogens (tertiary/aromatic N) is 4. The van der Waals surface area contributed by atoms with Crippen molar-refractivity contribution in [3.63, 3.8) is 0 Å². The van der Waals surface area contributed by atoms with Gasteiger partial charge in [-0.1, -0.05) is 12.1 Å². The summed E-state index contributed by atoms with van der Waals surface area (Å²) >= 11 is 3.46. The van der Waals surface area contributed by atoms with Crippen molar-refractivity contribution in [1.29, 1.82) is 0 Å². The van der Waals surface area contributed by atoms with Gasteiger partial charge in [0.15, 0.2) is 0 Å². The maximum Gasteiger partial charge on any atom is 0.416 e. The van der Waals surface area contributed by atoms with Crippen LogP contribution in [-0.4, -0.2) is 25.5 Å². The number of amides is 1. The number of aryl methyl sites for hydroxylation is 2. The Hall–Kier alpha value is -2.62. The van der Waals surface area contributed by atoms with Gasteiger partial charge in [-0.2, -0.15) is 23.4 Å². The third-order valence-corrected chi connectivity index (χ3v) is 6.35. The molecule has 0 radical (unpaired) electrons. The van der Waals surface area contributed by atoms with E-state index in [2.05, 4.69) is 31.4 Å². The van der Waals surface area contributed by atoms with Crippen molar-refractivity contribution < 1.29 is 18.0 Å². The van der Waals surface area contributed by atoms with Crippen LogP contribution in [0, 0.1) is 27.7 Å². The Labute approximate surface area is 186 Å². The summed E-state index contributed by atoms with van der Waals surface area (Å²) < 4.78 is 43.1. The molecule has 1 amide bonds. The maximum absolute atomic E-state index is 13.0. The summed E-state index contributed by atoms with van der Waals surface area (Å²) in [6.45, 7) is 9.15. The molecular formula is C21H23BrF3N5O. The van der Waals surface area contributed by atoms with Crippen LogP contribution in [-0.2, 0) is 17.5 Å². The average molecular weight is 498 g/mol. The first-order chi connectivity index (χ1) is 14.4. The van der Waals surface area contributed by atoms with Gasteiger partial charge in [0.2, 0.25) is 5.91 Å². The highest BCUT2D eigenvalue weighted by molar-refractivity contribution is 9.10. The first kappa shape index (κ1) is 23.1. The van der Waals surface area contributed by atoms with E-state index in [4.69, 9.17) is 0 Å². The number of hydrogen-bond acceptors (Lipinski definition) is 3. The summed E-state index contributed by atoms with van der Waals surface area (Å²) in [5, 5.41) is 11.7. The van der Waals surface area contributed by atoms with E-state index in [0.29, 0.717) is 22.6 Å². The number of carbonyl (C=O) groups excluding carboxylic acids is 1. The maximum atomic E-state index is 13.0. The molecule has 0 spiro atoms. The van der Waals surface area contributed by atoms with Crippen molar-refractivity contribution in [3.05, 3.63) is 62.6 Å². The molecule has 3 rings (SSSR count). The quantitative estimate of drug-likeness (QED) is 0.517. The number of alkyl halides is 3. The molecule has 1 N–H and O–H groups in total. The van der Waals surface area contributed by atoms with Crippen molar-refractivity contribution in [1.82, 2.24) is 19.6 Å². The molecule has 10 heteroatoms. The van der Waals surface area contributed by atoms with Crippen molar-refractivity contribution in [2.24, 2.45) is 0 Å². The second-order valence-corrected chi connectivity index (χ2v) is 8.29. The van der Waals surface area contributed by atoms with Gasteiger partial charge >= 0.3 is 6.18 Å². The van der Waals surface area contributed by atoms with E-state index in [1.165, 1.54) is 6.07 Å². The Morgan fingerprint density at radius 3 is 2.39 bits per heavy atom. The van der Waals surface area contributed by atoms with Crippen LogP contribution in [0.4, 0.5) is 18.9 Å². The topological polar surface area (TPSA) is 64.7 Å². The number of hydrogen-bond donors (Lipinski definition) is 1. The predicted molar refractivity (Wildman–Crippen MR) is 115 cm³/mol. The zero-order valence-electron chi connectivity index (χ0n) is 17.8. The van der Waals surface area contributed by atoms with Crippen molar-refractivity contribution >= 4 is 27.5 Å². The number of anilines is 1. The number of rotatable bonds is 5. The van der Waals surface area contributed by atoms with Gasteiger partial charge in [0.1, 0.15) is 6.04 Å². The Morgan fingerprint density at radius 1 is 1.13 bits per heavy atom. The normalized spacial score (nSPS) is 12.8. The van der Waals surface area contributed by atoms with Gasteiger partial charge in [0.05, 0.1) is 45.0 Å². The van der Waals surface area contributed by atoms with E-state index >= 15 is 0 Å².